The zero-order valence-electron chi connectivity index (χ0n) is 9.90. The van der Waals surface area contributed by atoms with Crippen LogP contribution in [0.15, 0.2) is 0 Å². The standard InChI is InChI=1S/C11H20N2O3/c1-3-8(4-5-14)7-12-9-6-10(15)13(2)11(9)16/h8-9,12,14H,3-7H2,1-2H3. The summed E-state index contributed by atoms with van der Waals surface area (Å²) in [5, 5.41) is 11.9. The van der Waals surface area contributed by atoms with Gasteiger partial charge >= 0.3 is 0 Å². The first-order chi connectivity index (χ1) is 7.60. The predicted octanol–water partition coefficient (Wildman–Crippen LogP) is -0.258. The lowest BCUT2D eigenvalue weighted by molar-refractivity contribution is -0.137. The van der Waals surface area contributed by atoms with Gasteiger partial charge in [-0.1, -0.05) is 13.3 Å². The summed E-state index contributed by atoms with van der Waals surface area (Å²) in [5.74, 6) is 0.0837. The molecule has 1 aliphatic heterocycles. The van der Waals surface area contributed by atoms with Crippen LogP contribution in [0.1, 0.15) is 26.2 Å². The van der Waals surface area contributed by atoms with Gasteiger partial charge in [-0.3, -0.25) is 14.5 Å². The normalized spacial score (nSPS) is 22.9. The maximum atomic E-state index is 11.6. The van der Waals surface area contributed by atoms with Crippen molar-refractivity contribution in [2.45, 2.75) is 32.2 Å². The molecule has 92 valence electrons. The van der Waals surface area contributed by atoms with Gasteiger partial charge in [-0.25, -0.2) is 0 Å². The fourth-order valence-electron chi connectivity index (χ4n) is 1.86. The molecule has 0 aromatic rings. The molecule has 0 spiro atoms. The number of nitrogens with zero attached hydrogens (tertiary/aromatic N) is 1. The number of carbonyl (C=O) groups is 2. The van der Waals surface area contributed by atoms with Crippen LogP contribution < -0.4 is 5.32 Å². The van der Waals surface area contributed by atoms with Crippen molar-refractivity contribution in [3.63, 3.8) is 0 Å². The summed E-state index contributed by atoms with van der Waals surface area (Å²) >= 11 is 0. The van der Waals surface area contributed by atoms with Crippen LogP contribution in [0.4, 0.5) is 0 Å². The third-order valence-corrected chi connectivity index (χ3v) is 3.15. The largest absolute Gasteiger partial charge is 0.396 e. The second kappa shape index (κ2) is 5.96. The number of likely N-dealkylation sites (N-methyl/N-ethyl adjacent to an activating group) is 1. The van der Waals surface area contributed by atoms with E-state index in [1.807, 2.05) is 0 Å². The van der Waals surface area contributed by atoms with Gasteiger partial charge in [0.25, 0.3) is 0 Å². The molecule has 0 aromatic carbocycles. The van der Waals surface area contributed by atoms with Crippen molar-refractivity contribution < 1.29 is 14.7 Å². The van der Waals surface area contributed by atoms with Gasteiger partial charge in [0.2, 0.25) is 11.8 Å². The van der Waals surface area contributed by atoms with E-state index in [2.05, 4.69) is 12.2 Å². The lowest BCUT2D eigenvalue weighted by atomic mass is 10.0. The van der Waals surface area contributed by atoms with Crippen molar-refractivity contribution in [3.05, 3.63) is 0 Å². The maximum Gasteiger partial charge on any atom is 0.246 e. The van der Waals surface area contributed by atoms with E-state index in [0.29, 0.717) is 12.5 Å². The van der Waals surface area contributed by atoms with Crippen LogP contribution in [0.2, 0.25) is 0 Å². The van der Waals surface area contributed by atoms with Gasteiger partial charge in [0.1, 0.15) is 0 Å². The lowest BCUT2D eigenvalue weighted by Gasteiger charge is -2.17. The molecule has 0 bridgehead atoms. The van der Waals surface area contributed by atoms with Crippen molar-refractivity contribution >= 4 is 11.8 Å². The van der Waals surface area contributed by atoms with Crippen LogP contribution >= 0.6 is 0 Å². The van der Waals surface area contributed by atoms with E-state index in [0.717, 1.165) is 12.8 Å². The summed E-state index contributed by atoms with van der Waals surface area (Å²) in [6, 6.07) is -0.370. The summed E-state index contributed by atoms with van der Waals surface area (Å²) in [5.41, 5.74) is 0. The molecule has 1 rings (SSSR count). The highest BCUT2D eigenvalue weighted by Gasteiger charge is 2.35. The predicted molar refractivity (Wildman–Crippen MR) is 59.7 cm³/mol. The van der Waals surface area contributed by atoms with E-state index >= 15 is 0 Å². The van der Waals surface area contributed by atoms with Gasteiger partial charge in [0, 0.05) is 13.7 Å². The van der Waals surface area contributed by atoms with Crippen molar-refractivity contribution in [1.29, 1.82) is 0 Å². The Hall–Kier alpha value is -0.940. The van der Waals surface area contributed by atoms with Gasteiger partial charge in [-0.05, 0) is 18.9 Å². The molecule has 2 N–H and O–H groups in total. The first-order valence-corrected chi connectivity index (χ1v) is 5.74. The van der Waals surface area contributed by atoms with Crippen LogP contribution in [0, 0.1) is 5.92 Å². The SMILES string of the molecule is CCC(CCO)CNC1CC(=O)N(C)C1=O. The van der Waals surface area contributed by atoms with Crippen LogP contribution in [0.25, 0.3) is 0 Å². The summed E-state index contributed by atoms with van der Waals surface area (Å²) in [4.78, 5) is 24.0. The molecule has 0 radical (unpaired) electrons. The number of likely N-dealkylation sites (tertiary alicyclic amines) is 1. The second-order valence-corrected chi connectivity index (χ2v) is 4.24. The van der Waals surface area contributed by atoms with Gasteiger partial charge in [-0.15, -0.1) is 0 Å². The fraction of sp³-hybridized carbons (Fsp3) is 0.818. The summed E-state index contributed by atoms with van der Waals surface area (Å²) in [6.45, 7) is 2.89. The number of hydrogen-bond donors (Lipinski definition) is 2. The third kappa shape index (κ3) is 3.02. The van der Waals surface area contributed by atoms with Crippen LogP contribution in [0.5, 0.6) is 0 Å². The zero-order chi connectivity index (χ0) is 12.1. The third-order valence-electron chi connectivity index (χ3n) is 3.15. The van der Waals surface area contributed by atoms with E-state index in [4.69, 9.17) is 5.11 Å². The van der Waals surface area contributed by atoms with Crippen LogP contribution in [0.3, 0.4) is 0 Å². The van der Waals surface area contributed by atoms with Crippen molar-refractivity contribution in [2.75, 3.05) is 20.2 Å². The molecule has 1 saturated heterocycles. The van der Waals surface area contributed by atoms with Crippen molar-refractivity contribution in [3.8, 4) is 0 Å². The number of aliphatic hydroxyl groups is 1. The molecule has 1 fully saturated rings. The Balaban J connectivity index is 2.38. The van der Waals surface area contributed by atoms with Crippen molar-refractivity contribution in [1.82, 2.24) is 10.2 Å². The Morgan fingerprint density at radius 2 is 2.25 bits per heavy atom. The highest BCUT2D eigenvalue weighted by atomic mass is 16.3. The Labute approximate surface area is 95.8 Å². The monoisotopic (exact) mass is 228 g/mol. The number of hydrogen-bond acceptors (Lipinski definition) is 4. The molecular weight excluding hydrogens is 208 g/mol. The molecule has 5 heteroatoms. The van der Waals surface area contributed by atoms with Gasteiger partial charge in [0.15, 0.2) is 0 Å². The van der Waals surface area contributed by atoms with Crippen molar-refractivity contribution in [2.24, 2.45) is 5.92 Å². The Bertz CT molecular complexity index is 268. The van der Waals surface area contributed by atoms with Gasteiger partial charge < -0.3 is 10.4 Å². The quantitative estimate of drug-likeness (QED) is 0.615. The van der Waals surface area contributed by atoms with E-state index < -0.39 is 0 Å². The fourth-order valence-corrected chi connectivity index (χ4v) is 1.86. The minimum atomic E-state index is -0.370. The molecule has 0 aliphatic carbocycles. The molecule has 16 heavy (non-hydrogen) atoms. The Morgan fingerprint density at radius 1 is 1.56 bits per heavy atom. The Kier molecular flexibility index (Phi) is 4.89. The molecule has 5 nitrogen and oxygen atoms in total. The van der Waals surface area contributed by atoms with Crippen LogP contribution in [-0.4, -0.2) is 48.1 Å². The highest BCUT2D eigenvalue weighted by Crippen LogP contribution is 2.12. The first-order valence-electron chi connectivity index (χ1n) is 5.74. The van der Waals surface area contributed by atoms with Gasteiger partial charge in [-0.2, -0.15) is 0 Å². The molecule has 1 aliphatic rings. The number of rotatable bonds is 6. The highest BCUT2D eigenvalue weighted by molar-refractivity contribution is 6.05. The minimum Gasteiger partial charge on any atom is -0.396 e. The topological polar surface area (TPSA) is 69.6 Å². The summed E-state index contributed by atoms with van der Waals surface area (Å²) < 4.78 is 0. The van der Waals surface area contributed by atoms with E-state index in [-0.39, 0.29) is 30.9 Å². The van der Waals surface area contributed by atoms with Gasteiger partial charge in [0.05, 0.1) is 12.5 Å². The number of imide groups is 1. The Morgan fingerprint density at radius 3 is 2.69 bits per heavy atom. The molecule has 2 amide bonds. The molecule has 0 aromatic heterocycles. The van der Waals surface area contributed by atoms with Crippen LogP contribution in [-0.2, 0) is 9.59 Å². The molecular formula is C11H20N2O3. The zero-order valence-corrected chi connectivity index (χ0v) is 9.90. The summed E-state index contributed by atoms with van der Waals surface area (Å²) in [6.07, 6.45) is 1.94. The first kappa shape index (κ1) is 13.1. The molecule has 1 heterocycles. The number of carbonyl (C=O) groups excluding carboxylic acids is 2. The smallest absolute Gasteiger partial charge is 0.246 e. The van der Waals surface area contributed by atoms with E-state index in [9.17, 15) is 9.59 Å². The number of nitrogens with one attached hydrogen (secondary N) is 1. The average molecular weight is 228 g/mol. The van der Waals surface area contributed by atoms with E-state index in [1.165, 1.54) is 11.9 Å². The number of aliphatic hydroxyl groups excluding tert-OH is 1. The number of amides is 2. The minimum absolute atomic E-state index is 0.127. The maximum absolute atomic E-state index is 11.6. The second-order valence-electron chi connectivity index (χ2n) is 4.24. The lowest BCUT2D eigenvalue weighted by Crippen LogP contribution is -2.39. The molecule has 0 saturated carbocycles. The van der Waals surface area contributed by atoms with E-state index in [1.54, 1.807) is 0 Å². The molecule has 2 atom stereocenters. The molecule has 2 unspecified atom stereocenters. The summed E-state index contributed by atoms with van der Waals surface area (Å²) in [7, 11) is 1.51. The average Bonchev–Trinajstić information content (AvgIpc) is 2.52.